The van der Waals surface area contributed by atoms with Crippen LogP contribution in [0.4, 0.5) is 5.69 Å². The molecule has 0 aromatic heterocycles. The number of aliphatic hydroxyl groups excluding tert-OH is 1. The molecular weight excluding hydrogens is 266 g/mol. The van der Waals surface area contributed by atoms with Gasteiger partial charge in [0.15, 0.2) is 0 Å². The zero-order valence-corrected chi connectivity index (χ0v) is 9.60. The molecule has 0 saturated carbocycles. The van der Waals surface area contributed by atoms with Gasteiger partial charge in [-0.25, -0.2) is 0 Å². The van der Waals surface area contributed by atoms with E-state index in [0.29, 0.717) is 10.2 Å². The predicted octanol–water partition coefficient (Wildman–Crippen LogP) is 2.12. The number of non-ortho nitro benzene ring substituents is 1. The number of hydrogen-bond acceptors (Lipinski definition) is 4. The van der Waals surface area contributed by atoms with Crippen molar-refractivity contribution in [2.24, 2.45) is 0 Å². The number of nitro benzene ring substituents is 1. The third-order valence-electron chi connectivity index (χ3n) is 1.56. The molecule has 1 N–H and O–H groups in total. The number of benzene rings is 1. The maximum Gasteiger partial charge on any atom is 0.274 e. The average molecular weight is 276 g/mol. The van der Waals surface area contributed by atoms with E-state index in [1.54, 1.807) is 13.0 Å². The molecule has 1 aromatic carbocycles. The maximum absolute atomic E-state index is 10.5. The zero-order valence-electron chi connectivity index (χ0n) is 8.01. The van der Waals surface area contributed by atoms with Crippen molar-refractivity contribution >= 4 is 21.6 Å². The molecule has 0 fully saturated rings. The van der Waals surface area contributed by atoms with Crippen LogP contribution in [0.15, 0.2) is 22.7 Å². The van der Waals surface area contributed by atoms with E-state index in [4.69, 9.17) is 9.84 Å². The molecule has 0 saturated heterocycles. The first-order valence-electron chi connectivity index (χ1n) is 4.25. The van der Waals surface area contributed by atoms with E-state index < -0.39 is 11.0 Å². The van der Waals surface area contributed by atoms with Crippen molar-refractivity contribution in [3.8, 4) is 5.75 Å². The van der Waals surface area contributed by atoms with Gasteiger partial charge in [-0.2, -0.15) is 0 Å². The molecule has 0 bridgehead atoms. The monoisotopic (exact) mass is 275 g/mol. The van der Waals surface area contributed by atoms with Crippen LogP contribution in [-0.4, -0.2) is 22.7 Å². The molecule has 1 aromatic rings. The maximum atomic E-state index is 10.5. The Hall–Kier alpha value is -1.14. The Bertz CT molecular complexity index is 367. The van der Waals surface area contributed by atoms with Crippen LogP contribution in [0.3, 0.4) is 0 Å². The van der Waals surface area contributed by atoms with Crippen molar-refractivity contribution in [2.45, 2.75) is 13.0 Å². The van der Waals surface area contributed by atoms with E-state index >= 15 is 0 Å². The lowest BCUT2D eigenvalue weighted by Crippen LogP contribution is -2.12. The molecule has 1 atom stereocenters. The van der Waals surface area contributed by atoms with E-state index in [2.05, 4.69) is 15.9 Å². The van der Waals surface area contributed by atoms with Gasteiger partial charge < -0.3 is 9.84 Å². The number of nitrogens with zero attached hydrogens (tertiary/aromatic N) is 1. The second-order valence-corrected chi connectivity index (χ2v) is 3.98. The first-order valence-corrected chi connectivity index (χ1v) is 5.04. The van der Waals surface area contributed by atoms with Crippen LogP contribution in [0.5, 0.6) is 5.75 Å². The molecule has 0 aliphatic rings. The number of aliphatic hydroxyl groups is 1. The largest absolute Gasteiger partial charge is 0.491 e. The van der Waals surface area contributed by atoms with Crippen molar-refractivity contribution < 1.29 is 14.8 Å². The molecule has 0 heterocycles. The lowest BCUT2D eigenvalue weighted by Gasteiger charge is -2.08. The van der Waals surface area contributed by atoms with Gasteiger partial charge in [0, 0.05) is 10.5 Å². The van der Waals surface area contributed by atoms with Crippen LogP contribution >= 0.6 is 15.9 Å². The Morgan fingerprint density at radius 2 is 2.27 bits per heavy atom. The third kappa shape index (κ3) is 3.85. The van der Waals surface area contributed by atoms with Crippen molar-refractivity contribution in [2.75, 3.05) is 6.61 Å². The van der Waals surface area contributed by atoms with Crippen LogP contribution < -0.4 is 4.74 Å². The number of nitro groups is 1. The zero-order chi connectivity index (χ0) is 11.4. The van der Waals surface area contributed by atoms with Crippen LogP contribution in [-0.2, 0) is 0 Å². The quantitative estimate of drug-likeness (QED) is 0.675. The van der Waals surface area contributed by atoms with Gasteiger partial charge in [0.2, 0.25) is 0 Å². The number of halogens is 1. The Morgan fingerprint density at radius 3 is 2.80 bits per heavy atom. The normalized spacial score (nSPS) is 12.2. The van der Waals surface area contributed by atoms with E-state index in [1.165, 1.54) is 12.1 Å². The van der Waals surface area contributed by atoms with Gasteiger partial charge in [0.05, 0.1) is 17.1 Å². The second-order valence-electron chi connectivity index (χ2n) is 3.06. The second kappa shape index (κ2) is 5.09. The molecular formula is C9H10BrNO4. The fraction of sp³-hybridized carbons (Fsp3) is 0.333. The minimum atomic E-state index is -0.608. The highest BCUT2D eigenvalue weighted by molar-refractivity contribution is 9.10. The fourth-order valence-corrected chi connectivity index (χ4v) is 1.41. The van der Waals surface area contributed by atoms with Gasteiger partial charge >= 0.3 is 0 Å². The molecule has 15 heavy (non-hydrogen) atoms. The highest BCUT2D eigenvalue weighted by atomic mass is 79.9. The van der Waals surface area contributed by atoms with Gasteiger partial charge in [-0.05, 0) is 13.0 Å². The number of ether oxygens (including phenoxy) is 1. The first-order chi connectivity index (χ1) is 6.99. The molecule has 0 radical (unpaired) electrons. The van der Waals surface area contributed by atoms with Crippen LogP contribution in [0.25, 0.3) is 0 Å². The van der Waals surface area contributed by atoms with Crippen LogP contribution in [0, 0.1) is 10.1 Å². The molecule has 0 aliphatic carbocycles. The smallest absolute Gasteiger partial charge is 0.274 e. The highest BCUT2D eigenvalue weighted by Gasteiger charge is 2.09. The summed E-state index contributed by atoms with van der Waals surface area (Å²) in [4.78, 5) is 10.0. The lowest BCUT2D eigenvalue weighted by molar-refractivity contribution is -0.385. The van der Waals surface area contributed by atoms with Crippen LogP contribution in [0.2, 0.25) is 0 Å². The SMILES string of the molecule is C[C@@H](O)COc1cc(Br)cc([N+](=O)[O-])c1. The third-order valence-corrected chi connectivity index (χ3v) is 2.02. The molecule has 0 unspecified atom stereocenters. The van der Waals surface area contributed by atoms with Crippen molar-refractivity contribution in [3.63, 3.8) is 0 Å². The van der Waals surface area contributed by atoms with E-state index in [1.807, 2.05) is 0 Å². The molecule has 0 amide bonds. The topological polar surface area (TPSA) is 72.6 Å². The summed E-state index contributed by atoms with van der Waals surface area (Å²) in [5.41, 5.74) is -0.0510. The standard InChI is InChI=1S/C9H10BrNO4/c1-6(12)5-15-9-3-7(10)2-8(4-9)11(13)14/h2-4,6,12H,5H2,1H3/t6-/m1/s1. The van der Waals surface area contributed by atoms with Crippen LogP contribution in [0.1, 0.15) is 6.92 Å². The molecule has 0 spiro atoms. The molecule has 6 heteroatoms. The molecule has 1 rings (SSSR count). The Balaban J connectivity index is 2.84. The average Bonchev–Trinajstić information content (AvgIpc) is 2.13. The van der Waals surface area contributed by atoms with Crippen molar-refractivity contribution in [3.05, 3.63) is 32.8 Å². The summed E-state index contributed by atoms with van der Waals surface area (Å²) in [5.74, 6) is 0.358. The summed E-state index contributed by atoms with van der Waals surface area (Å²) >= 11 is 3.14. The molecule has 0 aliphatic heterocycles. The summed E-state index contributed by atoms with van der Waals surface area (Å²) in [7, 11) is 0. The Labute approximate surface area is 95.0 Å². The number of rotatable bonds is 4. The Kier molecular flexibility index (Phi) is 4.05. The van der Waals surface area contributed by atoms with E-state index in [-0.39, 0.29) is 12.3 Å². The van der Waals surface area contributed by atoms with E-state index in [9.17, 15) is 10.1 Å². The first kappa shape index (κ1) is 11.9. The Morgan fingerprint density at radius 1 is 1.60 bits per heavy atom. The molecule has 5 nitrogen and oxygen atoms in total. The highest BCUT2D eigenvalue weighted by Crippen LogP contribution is 2.26. The van der Waals surface area contributed by atoms with Gasteiger partial charge in [0.1, 0.15) is 12.4 Å². The number of hydrogen-bond donors (Lipinski definition) is 1. The summed E-state index contributed by atoms with van der Waals surface area (Å²) in [5, 5.41) is 19.5. The van der Waals surface area contributed by atoms with E-state index in [0.717, 1.165) is 0 Å². The summed E-state index contributed by atoms with van der Waals surface area (Å²) in [6.45, 7) is 1.68. The van der Waals surface area contributed by atoms with Gasteiger partial charge in [-0.15, -0.1) is 0 Å². The predicted molar refractivity (Wildman–Crippen MR) is 58.0 cm³/mol. The van der Waals surface area contributed by atoms with Gasteiger partial charge in [0.25, 0.3) is 5.69 Å². The van der Waals surface area contributed by atoms with Crippen molar-refractivity contribution in [1.29, 1.82) is 0 Å². The summed E-state index contributed by atoms with van der Waals surface area (Å²) in [6.07, 6.45) is -0.608. The van der Waals surface area contributed by atoms with Gasteiger partial charge in [-0.1, -0.05) is 15.9 Å². The minimum absolute atomic E-state index is 0.0510. The molecule has 82 valence electrons. The van der Waals surface area contributed by atoms with Gasteiger partial charge in [-0.3, -0.25) is 10.1 Å². The summed E-state index contributed by atoms with van der Waals surface area (Å²) in [6, 6.07) is 4.30. The minimum Gasteiger partial charge on any atom is -0.491 e. The fourth-order valence-electron chi connectivity index (χ4n) is 0.953. The lowest BCUT2D eigenvalue weighted by atomic mass is 10.3. The summed E-state index contributed by atoms with van der Waals surface area (Å²) < 4.78 is 5.72. The van der Waals surface area contributed by atoms with Crippen molar-refractivity contribution in [1.82, 2.24) is 0 Å².